The predicted octanol–water partition coefficient (Wildman–Crippen LogP) is 3.73. The molecule has 0 unspecified atom stereocenters. The van der Waals surface area contributed by atoms with Crippen LogP contribution in [0.4, 0.5) is 0 Å². The van der Waals surface area contributed by atoms with Gasteiger partial charge in [0.15, 0.2) is 5.82 Å². The third-order valence-corrected chi connectivity index (χ3v) is 3.03. The molecule has 1 aromatic carbocycles. The molecule has 2 aromatic rings. The lowest BCUT2D eigenvalue weighted by molar-refractivity contribution is 0.841. The van der Waals surface area contributed by atoms with Crippen molar-refractivity contribution in [1.82, 2.24) is 15.2 Å². The lowest BCUT2D eigenvalue weighted by Crippen LogP contribution is -1.86. The van der Waals surface area contributed by atoms with Crippen molar-refractivity contribution < 1.29 is 0 Å². The van der Waals surface area contributed by atoms with Crippen LogP contribution in [0.25, 0.3) is 11.4 Å². The van der Waals surface area contributed by atoms with Crippen LogP contribution in [0.1, 0.15) is 19.2 Å². The van der Waals surface area contributed by atoms with Gasteiger partial charge < -0.3 is 0 Å². The van der Waals surface area contributed by atoms with Crippen molar-refractivity contribution in [2.45, 2.75) is 19.8 Å². The molecule has 0 bridgehead atoms. The molecule has 0 radical (unpaired) electrons. The Bertz CT molecular complexity index is 494. The molecule has 0 atom stereocenters. The molecule has 1 heterocycles. The summed E-state index contributed by atoms with van der Waals surface area (Å²) >= 11 is 12.0. The second-order valence-corrected chi connectivity index (χ2v) is 4.24. The highest BCUT2D eigenvalue weighted by molar-refractivity contribution is 6.43. The highest BCUT2D eigenvalue weighted by Gasteiger charge is 2.11. The number of nitrogens with one attached hydrogen (secondary N) is 1. The third-order valence-electron chi connectivity index (χ3n) is 2.21. The van der Waals surface area contributed by atoms with Crippen molar-refractivity contribution in [1.29, 1.82) is 0 Å². The number of benzene rings is 1. The van der Waals surface area contributed by atoms with Gasteiger partial charge in [-0.3, -0.25) is 5.10 Å². The van der Waals surface area contributed by atoms with Crippen molar-refractivity contribution in [2.24, 2.45) is 0 Å². The van der Waals surface area contributed by atoms with Crippen LogP contribution in [0.2, 0.25) is 10.0 Å². The minimum Gasteiger partial charge on any atom is -0.263 e. The largest absolute Gasteiger partial charge is 0.263 e. The zero-order valence-electron chi connectivity index (χ0n) is 8.80. The van der Waals surface area contributed by atoms with Gasteiger partial charge in [0.05, 0.1) is 10.0 Å². The molecule has 0 aliphatic rings. The number of halogens is 2. The Kier molecular flexibility index (Phi) is 3.46. The van der Waals surface area contributed by atoms with Crippen molar-refractivity contribution in [3.63, 3.8) is 0 Å². The average Bonchev–Trinajstić information content (AvgIpc) is 2.71. The number of aromatic nitrogens is 3. The molecule has 0 aliphatic carbocycles. The molecule has 0 amide bonds. The van der Waals surface area contributed by atoms with Gasteiger partial charge >= 0.3 is 0 Å². The van der Waals surface area contributed by atoms with E-state index in [4.69, 9.17) is 23.2 Å². The number of aryl methyl sites for hydroxylation is 1. The zero-order valence-corrected chi connectivity index (χ0v) is 10.3. The quantitative estimate of drug-likeness (QED) is 0.908. The summed E-state index contributed by atoms with van der Waals surface area (Å²) in [7, 11) is 0. The van der Waals surface area contributed by atoms with Gasteiger partial charge in [0.1, 0.15) is 5.82 Å². The lowest BCUT2D eigenvalue weighted by atomic mass is 10.2. The summed E-state index contributed by atoms with van der Waals surface area (Å²) in [5, 5.41) is 8.02. The van der Waals surface area contributed by atoms with Crippen LogP contribution in [-0.2, 0) is 6.42 Å². The smallest absolute Gasteiger partial charge is 0.182 e. The van der Waals surface area contributed by atoms with Crippen LogP contribution >= 0.6 is 23.2 Å². The molecule has 84 valence electrons. The molecular weight excluding hydrogens is 245 g/mol. The average molecular weight is 256 g/mol. The normalized spacial score (nSPS) is 10.7. The van der Waals surface area contributed by atoms with Crippen molar-refractivity contribution in [3.8, 4) is 11.4 Å². The third kappa shape index (κ3) is 2.20. The first-order valence-corrected chi connectivity index (χ1v) is 5.83. The summed E-state index contributed by atoms with van der Waals surface area (Å²) in [6.07, 6.45) is 1.91. The van der Waals surface area contributed by atoms with E-state index in [1.165, 1.54) is 0 Å². The van der Waals surface area contributed by atoms with Crippen molar-refractivity contribution in [2.75, 3.05) is 0 Å². The van der Waals surface area contributed by atoms with E-state index in [0.717, 1.165) is 24.2 Å². The van der Waals surface area contributed by atoms with Gasteiger partial charge in [-0.15, -0.1) is 0 Å². The molecule has 0 aliphatic heterocycles. The summed E-state index contributed by atoms with van der Waals surface area (Å²) < 4.78 is 0. The number of rotatable bonds is 3. The summed E-state index contributed by atoms with van der Waals surface area (Å²) in [5.74, 6) is 1.46. The Labute approximate surface area is 104 Å². The minimum atomic E-state index is 0.492. The van der Waals surface area contributed by atoms with Gasteiger partial charge in [0.2, 0.25) is 0 Å². The van der Waals surface area contributed by atoms with E-state index in [1.54, 1.807) is 6.07 Å². The van der Waals surface area contributed by atoms with Gasteiger partial charge in [-0.2, -0.15) is 5.10 Å². The molecule has 0 saturated carbocycles. The predicted molar refractivity (Wildman–Crippen MR) is 65.8 cm³/mol. The fourth-order valence-electron chi connectivity index (χ4n) is 1.44. The van der Waals surface area contributed by atoms with Gasteiger partial charge in [0, 0.05) is 12.0 Å². The fourth-order valence-corrected chi connectivity index (χ4v) is 1.83. The highest BCUT2D eigenvalue weighted by atomic mass is 35.5. The van der Waals surface area contributed by atoms with E-state index < -0.39 is 0 Å². The number of aromatic amines is 1. The first-order chi connectivity index (χ1) is 7.72. The fraction of sp³-hybridized carbons (Fsp3) is 0.273. The van der Waals surface area contributed by atoms with Crippen LogP contribution in [0.5, 0.6) is 0 Å². The Morgan fingerprint density at radius 2 is 2.12 bits per heavy atom. The van der Waals surface area contributed by atoms with Gasteiger partial charge in [-0.25, -0.2) is 4.98 Å². The standard InChI is InChI=1S/C11H11Cl2N3/c1-2-4-9-14-11(16-15-9)7-5-3-6-8(12)10(7)13/h3,5-6H,2,4H2,1H3,(H,14,15,16). The summed E-state index contributed by atoms with van der Waals surface area (Å²) in [5.41, 5.74) is 0.757. The first-order valence-electron chi connectivity index (χ1n) is 5.08. The first kappa shape index (κ1) is 11.4. The van der Waals surface area contributed by atoms with Gasteiger partial charge in [0.25, 0.3) is 0 Å². The number of hydrogen-bond acceptors (Lipinski definition) is 2. The molecule has 1 aromatic heterocycles. The van der Waals surface area contributed by atoms with E-state index >= 15 is 0 Å². The molecule has 16 heavy (non-hydrogen) atoms. The molecule has 0 spiro atoms. The van der Waals surface area contributed by atoms with Crippen LogP contribution in [0, 0.1) is 0 Å². The Morgan fingerprint density at radius 1 is 1.31 bits per heavy atom. The number of nitrogens with zero attached hydrogens (tertiary/aromatic N) is 2. The van der Waals surface area contributed by atoms with Crippen LogP contribution in [0.15, 0.2) is 18.2 Å². The molecule has 5 heteroatoms. The second kappa shape index (κ2) is 4.85. The summed E-state index contributed by atoms with van der Waals surface area (Å²) in [4.78, 5) is 4.36. The van der Waals surface area contributed by atoms with E-state index in [0.29, 0.717) is 15.9 Å². The van der Waals surface area contributed by atoms with Crippen LogP contribution in [0.3, 0.4) is 0 Å². The maximum atomic E-state index is 6.09. The van der Waals surface area contributed by atoms with Crippen molar-refractivity contribution in [3.05, 3.63) is 34.1 Å². The topological polar surface area (TPSA) is 41.6 Å². The van der Waals surface area contributed by atoms with E-state index in [2.05, 4.69) is 22.1 Å². The zero-order chi connectivity index (χ0) is 11.5. The molecular formula is C11H11Cl2N3. The number of H-pyrrole nitrogens is 1. The monoisotopic (exact) mass is 255 g/mol. The minimum absolute atomic E-state index is 0.492. The SMILES string of the molecule is CCCc1nc(-c2cccc(Cl)c2Cl)n[nH]1. The lowest BCUT2D eigenvalue weighted by Gasteiger charge is -2.00. The Morgan fingerprint density at radius 3 is 2.88 bits per heavy atom. The van der Waals surface area contributed by atoms with E-state index in [1.807, 2.05) is 12.1 Å². The van der Waals surface area contributed by atoms with Gasteiger partial charge in [-0.05, 0) is 18.6 Å². The van der Waals surface area contributed by atoms with Crippen LogP contribution in [-0.4, -0.2) is 15.2 Å². The molecule has 2 rings (SSSR count). The van der Waals surface area contributed by atoms with E-state index in [9.17, 15) is 0 Å². The maximum Gasteiger partial charge on any atom is 0.182 e. The Balaban J connectivity index is 2.39. The second-order valence-electron chi connectivity index (χ2n) is 3.46. The summed E-state index contributed by atoms with van der Waals surface area (Å²) in [6.45, 7) is 2.09. The Hall–Kier alpha value is -1.06. The molecule has 0 fully saturated rings. The number of hydrogen-bond donors (Lipinski definition) is 1. The van der Waals surface area contributed by atoms with Gasteiger partial charge in [-0.1, -0.05) is 36.2 Å². The molecule has 0 saturated heterocycles. The highest BCUT2D eigenvalue weighted by Crippen LogP contribution is 2.31. The molecule has 1 N–H and O–H groups in total. The molecule has 3 nitrogen and oxygen atoms in total. The summed E-state index contributed by atoms with van der Waals surface area (Å²) in [6, 6.07) is 5.43. The maximum absolute atomic E-state index is 6.09. The van der Waals surface area contributed by atoms with E-state index in [-0.39, 0.29) is 0 Å². The van der Waals surface area contributed by atoms with Crippen molar-refractivity contribution >= 4 is 23.2 Å². The van der Waals surface area contributed by atoms with Crippen LogP contribution < -0.4 is 0 Å².